The molecule has 0 aromatic rings. The summed E-state index contributed by atoms with van der Waals surface area (Å²) in [7, 11) is 3.49. The van der Waals surface area contributed by atoms with Crippen molar-refractivity contribution in [2.24, 2.45) is 15.0 Å². The molecule has 0 unspecified atom stereocenters. The summed E-state index contributed by atoms with van der Waals surface area (Å²) in [6, 6.07) is 0. The average molecular weight is 249 g/mol. The van der Waals surface area contributed by atoms with Crippen molar-refractivity contribution < 1.29 is 4.74 Å². The molecular weight excluding hydrogens is 230 g/mol. The van der Waals surface area contributed by atoms with E-state index in [9.17, 15) is 0 Å². The van der Waals surface area contributed by atoms with Crippen molar-refractivity contribution in [3.63, 3.8) is 0 Å². The van der Waals surface area contributed by atoms with Gasteiger partial charge in [0.05, 0.1) is 19.8 Å². The second-order valence-electron chi connectivity index (χ2n) is 3.50. The number of hydrogen-bond acceptors (Lipinski definition) is 5. The fraction of sp³-hybridized carbons (Fsp3) is 0.417. The second-order valence-corrected chi connectivity index (χ2v) is 3.50. The zero-order chi connectivity index (χ0) is 13.2. The van der Waals surface area contributed by atoms with E-state index in [0.29, 0.717) is 19.8 Å². The Balaban J connectivity index is 2.81. The summed E-state index contributed by atoms with van der Waals surface area (Å²) in [6.45, 7) is 5.18. The molecule has 0 aromatic carbocycles. The molecular formula is C12H19N5O. The molecule has 0 radical (unpaired) electrons. The van der Waals surface area contributed by atoms with Gasteiger partial charge in [0.2, 0.25) is 0 Å². The molecule has 0 fully saturated rings. The van der Waals surface area contributed by atoms with E-state index in [1.165, 1.54) is 0 Å². The van der Waals surface area contributed by atoms with Gasteiger partial charge in [-0.25, -0.2) is 0 Å². The SMILES string of the molecule is C=N/C=C1/C=CC(=NCCOC)N/C1=N/CNC. The van der Waals surface area contributed by atoms with Crippen LogP contribution in [0.2, 0.25) is 0 Å². The van der Waals surface area contributed by atoms with E-state index in [1.54, 1.807) is 13.3 Å². The molecule has 0 spiro atoms. The summed E-state index contributed by atoms with van der Waals surface area (Å²) in [5.74, 6) is 1.50. The fourth-order valence-electron chi connectivity index (χ4n) is 1.32. The Morgan fingerprint density at radius 2 is 2.28 bits per heavy atom. The van der Waals surface area contributed by atoms with Gasteiger partial charge in [0.15, 0.2) is 0 Å². The van der Waals surface area contributed by atoms with Crippen molar-refractivity contribution in [2.45, 2.75) is 0 Å². The van der Waals surface area contributed by atoms with Gasteiger partial charge in [-0.15, -0.1) is 0 Å². The predicted molar refractivity (Wildman–Crippen MR) is 75.4 cm³/mol. The van der Waals surface area contributed by atoms with Crippen LogP contribution in [0.25, 0.3) is 0 Å². The van der Waals surface area contributed by atoms with E-state index in [4.69, 9.17) is 4.74 Å². The summed E-state index contributed by atoms with van der Waals surface area (Å²) < 4.78 is 4.95. The maximum absolute atomic E-state index is 4.95. The van der Waals surface area contributed by atoms with Crippen LogP contribution in [0.15, 0.2) is 38.9 Å². The van der Waals surface area contributed by atoms with E-state index in [0.717, 1.165) is 17.2 Å². The third-order valence-corrected chi connectivity index (χ3v) is 2.14. The molecule has 0 amide bonds. The van der Waals surface area contributed by atoms with Crippen molar-refractivity contribution in [3.05, 3.63) is 23.9 Å². The molecule has 0 saturated carbocycles. The van der Waals surface area contributed by atoms with Crippen LogP contribution in [0.5, 0.6) is 0 Å². The van der Waals surface area contributed by atoms with E-state index in [-0.39, 0.29) is 0 Å². The van der Waals surface area contributed by atoms with Gasteiger partial charge in [-0.3, -0.25) is 15.0 Å². The molecule has 0 aromatic heterocycles. The monoisotopic (exact) mass is 249 g/mol. The Kier molecular flexibility index (Phi) is 6.60. The molecule has 98 valence electrons. The van der Waals surface area contributed by atoms with Crippen molar-refractivity contribution >= 4 is 18.4 Å². The topological polar surface area (TPSA) is 70.4 Å². The predicted octanol–water partition coefficient (Wildman–Crippen LogP) is 0.351. The van der Waals surface area contributed by atoms with Gasteiger partial charge in [0, 0.05) is 18.9 Å². The average Bonchev–Trinajstić information content (AvgIpc) is 2.39. The lowest BCUT2D eigenvalue weighted by Gasteiger charge is -2.15. The van der Waals surface area contributed by atoms with Gasteiger partial charge in [0.1, 0.15) is 11.7 Å². The van der Waals surface area contributed by atoms with Crippen LogP contribution in [0.4, 0.5) is 0 Å². The van der Waals surface area contributed by atoms with Crippen LogP contribution < -0.4 is 10.6 Å². The molecule has 1 heterocycles. The maximum Gasteiger partial charge on any atom is 0.136 e. The highest BCUT2D eigenvalue weighted by Gasteiger charge is 2.11. The van der Waals surface area contributed by atoms with Gasteiger partial charge < -0.3 is 15.4 Å². The van der Waals surface area contributed by atoms with Crippen LogP contribution in [-0.2, 0) is 4.74 Å². The first kappa shape index (κ1) is 14.3. The molecule has 1 aliphatic heterocycles. The summed E-state index contributed by atoms with van der Waals surface area (Å²) >= 11 is 0. The molecule has 2 N–H and O–H groups in total. The number of ether oxygens (including phenoxy) is 1. The minimum Gasteiger partial charge on any atom is -0.383 e. The van der Waals surface area contributed by atoms with Gasteiger partial charge in [-0.1, -0.05) is 0 Å². The third kappa shape index (κ3) is 4.60. The lowest BCUT2D eigenvalue weighted by Crippen LogP contribution is -2.34. The van der Waals surface area contributed by atoms with Crippen LogP contribution in [0.3, 0.4) is 0 Å². The molecule has 6 nitrogen and oxygen atoms in total. The van der Waals surface area contributed by atoms with E-state index < -0.39 is 0 Å². The highest BCUT2D eigenvalue weighted by molar-refractivity contribution is 6.17. The van der Waals surface area contributed by atoms with Gasteiger partial charge in [0.25, 0.3) is 0 Å². The Morgan fingerprint density at radius 3 is 2.94 bits per heavy atom. The van der Waals surface area contributed by atoms with Gasteiger partial charge in [-0.2, -0.15) is 0 Å². The first-order valence-electron chi connectivity index (χ1n) is 5.65. The lowest BCUT2D eigenvalue weighted by molar-refractivity contribution is 0.208. The van der Waals surface area contributed by atoms with Gasteiger partial charge in [-0.05, 0) is 25.9 Å². The first-order chi connectivity index (χ1) is 8.81. The number of methoxy groups -OCH3 is 1. The van der Waals surface area contributed by atoms with Crippen LogP contribution in [-0.4, -0.2) is 52.4 Å². The zero-order valence-corrected chi connectivity index (χ0v) is 10.8. The largest absolute Gasteiger partial charge is 0.383 e. The van der Waals surface area contributed by atoms with E-state index >= 15 is 0 Å². The Labute approximate surface area is 107 Å². The molecule has 1 aliphatic rings. The fourth-order valence-corrected chi connectivity index (χ4v) is 1.32. The molecule has 0 aliphatic carbocycles. The standard InChI is InChI=1S/C12H19N5O/c1-13-8-10-4-5-11(15-6-7-18-3)17-12(10)16-9-14-2/h4-5,8,14H,1,6-7,9H2,2-3H3,(H,15,16,17)/b10-8-. The first-order valence-corrected chi connectivity index (χ1v) is 5.65. The van der Waals surface area contributed by atoms with Crippen LogP contribution in [0, 0.1) is 0 Å². The molecule has 6 heteroatoms. The van der Waals surface area contributed by atoms with Crippen LogP contribution >= 0.6 is 0 Å². The number of hydrogen-bond donors (Lipinski definition) is 2. The summed E-state index contributed by atoms with van der Waals surface area (Å²) in [4.78, 5) is 12.5. The molecule has 0 bridgehead atoms. The second kappa shape index (κ2) is 8.32. The van der Waals surface area contributed by atoms with Crippen molar-refractivity contribution in [3.8, 4) is 0 Å². The number of amidine groups is 2. The number of nitrogens with one attached hydrogen (secondary N) is 2. The summed E-state index contributed by atoms with van der Waals surface area (Å²) in [6.07, 6.45) is 5.44. The third-order valence-electron chi connectivity index (χ3n) is 2.14. The highest BCUT2D eigenvalue weighted by atomic mass is 16.5. The quantitative estimate of drug-likeness (QED) is 0.527. The Hall–Kier alpha value is -1.79. The van der Waals surface area contributed by atoms with Crippen molar-refractivity contribution in [1.29, 1.82) is 0 Å². The van der Waals surface area contributed by atoms with Crippen molar-refractivity contribution in [1.82, 2.24) is 10.6 Å². The van der Waals surface area contributed by atoms with Crippen LogP contribution in [0.1, 0.15) is 0 Å². The maximum atomic E-state index is 4.95. The Bertz CT molecular complexity index is 395. The Morgan fingerprint density at radius 1 is 1.44 bits per heavy atom. The highest BCUT2D eigenvalue weighted by Crippen LogP contribution is 2.05. The number of aliphatic imine (C=N–C) groups is 3. The minimum atomic E-state index is 0.524. The summed E-state index contributed by atoms with van der Waals surface area (Å²) in [5, 5.41) is 6.10. The molecule has 0 atom stereocenters. The summed E-state index contributed by atoms with van der Waals surface area (Å²) in [5.41, 5.74) is 0.881. The van der Waals surface area contributed by atoms with E-state index in [1.807, 2.05) is 19.2 Å². The van der Waals surface area contributed by atoms with Crippen molar-refractivity contribution in [2.75, 3.05) is 34.0 Å². The molecule has 1 rings (SSSR count). The normalized spacial score (nSPS) is 21.6. The lowest BCUT2D eigenvalue weighted by atomic mass is 10.2. The number of nitrogens with zero attached hydrogens (tertiary/aromatic N) is 3. The number of rotatable bonds is 6. The van der Waals surface area contributed by atoms with Gasteiger partial charge >= 0.3 is 0 Å². The molecule has 0 saturated heterocycles. The van der Waals surface area contributed by atoms with E-state index in [2.05, 4.69) is 32.3 Å². The zero-order valence-electron chi connectivity index (χ0n) is 10.8. The minimum absolute atomic E-state index is 0.524. The smallest absolute Gasteiger partial charge is 0.136 e. The molecule has 18 heavy (non-hydrogen) atoms.